The number of amides is 2. The summed E-state index contributed by atoms with van der Waals surface area (Å²) in [5.74, 6) is -4.89. The maximum absolute atomic E-state index is 17.6. The summed E-state index contributed by atoms with van der Waals surface area (Å²) >= 11 is 0. The zero-order valence-corrected chi connectivity index (χ0v) is 28.0. The van der Waals surface area contributed by atoms with E-state index >= 15 is 8.78 Å². The third kappa shape index (κ3) is 4.92. The fourth-order valence-corrected chi connectivity index (χ4v) is 9.98. The first-order valence-electron chi connectivity index (χ1n) is 16.8. The first-order valence-corrected chi connectivity index (χ1v) is 16.8. The normalized spacial score (nSPS) is 45.8. The van der Waals surface area contributed by atoms with Crippen LogP contribution in [-0.4, -0.2) is 112 Å². The Labute approximate surface area is 285 Å². The van der Waals surface area contributed by atoms with Gasteiger partial charge in [0.15, 0.2) is 29.4 Å². The van der Waals surface area contributed by atoms with Crippen molar-refractivity contribution in [3.05, 3.63) is 35.8 Å². The van der Waals surface area contributed by atoms with Gasteiger partial charge in [-0.1, -0.05) is 13.0 Å². The lowest BCUT2D eigenvalue weighted by molar-refractivity contribution is -0.249. The lowest BCUT2D eigenvalue weighted by atomic mass is 9.44. The summed E-state index contributed by atoms with van der Waals surface area (Å²) in [6.45, 7) is 4.73. The molecule has 3 saturated carbocycles. The maximum atomic E-state index is 17.6. The van der Waals surface area contributed by atoms with E-state index in [9.17, 15) is 33.8 Å². The summed E-state index contributed by atoms with van der Waals surface area (Å²) < 4.78 is 75.7. The molecule has 16 heteroatoms. The van der Waals surface area contributed by atoms with Crippen molar-refractivity contribution < 1.29 is 66.2 Å². The second-order valence-electron chi connectivity index (χ2n) is 15.3. The van der Waals surface area contributed by atoms with Crippen LogP contribution in [0.15, 0.2) is 35.8 Å². The molecule has 5 fully saturated rings. The van der Waals surface area contributed by atoms with Gasteiger partial charge in [-0.25, -0.2) is 22.8 Å². The number of allylic oxidation sites excluding steroid dienone is 4. The topological polar surface area (TPSA) is 170 Å². The highest BCUT2D eigenvalue weighted by molar-refractivity contribution is 6.01. The zero-order chi connectivity index (χ0) is 36.2. The Morgan fingerprint density at radius 3 is 2.58 bits per heavy atom. The van der Waals surface area contributed by atoms with E-state index in [0.29, 0.717) is 0 Å². The van der Waals surface area contributed by atoms with Crippen molar-refractivity contribution in [2.24, 2.45) is 22.7 Å². The van der Waals surface area contributed by atoms with Crippen LogP contribution in [0.4, 0.5) is 22.8 Å². The Morgan fingerprint density at radius 1 is 1.10 bits per heavy atom. The van der Waals surface area contributed by atoms with Crippen LogP contribution in [0, 0.1) is 22.7 Å². The Hall–Kier alpha value is -3.31. The second-order valence-corrected chi connectivity index (χ2v) is 15.3. The number of ether oxygens (including phenoxy) is 5. The predicted octanol–water partition coefficient (Wildman–Crippen LogP) is 2.84. The number of nitrogens with zero attached hydrogens (tertiary/aromatic N) is 1. The quantitative estimate of drug-likeness (QED) is 0.347. The molecule has 3 heterocycles. The molecule has 12 atom stereocenters. The number of fused-ring (bicyclic) bond motifs is 7. The molecule has 0 bridgehead atoms. The van der Waals surface area contributed by atoms with E-state index in [1.807, 2.05) is 0 Å². The van der Waals surface area contributed by atoms with Crippen LogP contribution in [-0.2, 0) is 33.3 Å². The molecular formula is C34H41F3N2O11. The first kappa shape index (κ1) is 35.1. The highest BCUT2D eigenvalue weighted by Crippen LogP contribution is 2.72. The van der Waals surface area contributed by atoms with E-state index in [4.69, 9.17) is 23.7 Å². The minimum Gasteiger partial charge on any atom is -0.431 e. The van der Waals surface area contributed by atoms with Crippen LogP contribution in [0.5, 0.6) is 0 Å². The van der Waals surface area contributed by atoms with Gasteiger partial charge in [0, 0.05) is 29.4 Å². The summed E-state index contributed by atoms with van der Waals surface area (Å²) in [5.41, 5.74) is -7.14. The van der Waals surface area contributed by atoms with Crippen molar-refractivity contribution in [1.29, 1.82) is 0 Å². The highest BCUT2D eigenvalue weighted by atomic mass is 19.1. The minimum atomic E-state index is -2.38. The van der Waals surface area contributed by atoms with Gasteiger partial charge in [-0.2, -0.15) is 0 Å². The summed E-state index contributed by atoms with van der Waals surface area (Å²) in [7, 11) is 0. The highest BCUT2D eigenvalue weighted by Gasteiger charge is 2.80. The molecule has 7 rings (SSSR count). The summed E-state index contributed by atoms with van der Waals surface area (Å²) in [6, 6.07) is -0.626. The van der Waals surface area contributed by atoms with Gasteiger partial charge >= 0.3 is 12.2 Å². The van der Waals surface area contributed by atoms with E-state index < -0.39 is 119 Å². The van der Waals surface area contributed by atoms with Crippen molar-refractivity contribution in [2.75, 3.05) is 19.8 Å². The average Bonchev–Trinajstić information content (AvgIpc) is 3.63. The molecule has 0 aromatic carbocycles. The molecule has 0 spiro atoms. The number of aliphatic hydroxyl groups excluding tert-OH is 2. The van der Waals surface area contributed by atoms with Crippen LogP contribution in [0.25, 0.3) is 0 Å². The number of alkyl halides is 2. The molecule has 3 N–H and O–H groups in total. The number of carbonyl (C=O) groups excluding carboxylic acids is 4. The summed E-state index contributed by atoms with van der Waals surface area (Å²) in [5, 5.41) is 24.4. The fourth-order valence-electron chi connectivity index (χ4n) is 9.98. The number of aliphatic hydroxyl groups is 2. The summed E-state index contributed by atoms with van der Waals surface area (Å²) in [4.78, 5) is 52.1. The third-order valence-electron chi connectivity index (χ3n) is 12.2. The Balaban J connectivity index is 1.06. The lowest BCUT2D eigenvalue weighted by Gasteiger charge is -2.63. The largest absolute Gasteiger partial charge is 0.508 e. The van der Waals surface area contributed by atoms with Gasteiger partial charge < -0.3 is 39.2 Å². The Kier molecular flexibility index (Phi) is 8.15. The molecule has 13 nitrogen and oxygen atoms in total. The van der Waals surface area contributed by atoms with E-state index in [2.05, 4.69) is 5.32 Å². The Bertz CT molecular complexity index is 1600. The first-order chi connectivity index (χ1) is 23.4. The molecule has 50 heavy (non-hydrogen) atoms. The van der Waals surface area contributed by atoms with Gasteiger partial charge in [-0.15, -0.1) is 0 Å². The van der Waals surface area contributed by atoms with Crippen LogP contribution >= 0.6 is 0 Å². The number of carbonyl (C=O) groups is 4. The standard InChI is InChI=1S/C34H41F3N2O11/c1-30(2)49-26-9-18-19-8-21(36)20-7-17(40)5-6-31(20,3)33(19,37)24(42)11-32(18,4)34(26,50-30)25(43)15-47-29(45)46-14-23-22(41)10-27(48-23)39-13-16(35)12-38-28(39)44/h5-7,13,18-19,21-24,26-27,41-42H,8-12,14-15H2,1-4H3,(H,38,44)/t18?,19?,21-,22?,23?,24-,26+,27?,31?,32?,33-,34+/m0/s1. The van der Waals surface area contributed by atoms with Crippen LogP contribution < -0.4 is 5.32 Å². The fraction of sp³-hybridized carbons (Fsp3) is 0.706. The molecule has 274 valence electrons. The average molecular weight is 711 g/mol. The predicted molar refractivity (Wildman–Crippen MR) is 163 cm³/mol. The molecule has 7 aliphatic rings. The van der Waals surface area contributed by atoms with Gasteiger partial charge in [-0.05, 0) is 63.7 Å². The second kappa shape index (κ2) is 11.6. The van der Waals surface area contributed by atoms with Crippen molar-refractivity contribution in [3.63, 3.8) is 0 Å². The summed E-state index contributed by atoms with van der Waals surface area (Å²) in [6.07, 6.45) is -4.91. The molecule has 2 amide bonds. The molecule has 4 aliphatic carbocycles. The van der Waals surface area contributed by atoms with Crippen LogP contribution in [0.3, 0.4) is 0 Å². The number of halogens is 3. The molecule has 0 aromatic heterocycles. The van der Waals surface area contributed by atoms with Crippen molar-refractivity contribution >= 4 is 23.8 Å². The zero-order valence-electron chi connectivity index (χ0n) is 28.0. The van der Waals surface area contributed by atoms with E-state index in [1.54, 1.807) is 20.8 Å². The van der Waals surface area contributed by atoms with Crippen molar-refractivity contribution in [3.8, 4) is 0 Å². The molecular weight excluding hydrogens is 669 g/mol. The van der Waals surface area contributed by atoms with Gasteiger partial charge in [0.05, 0.1) is 24.9 Å². The smallest absolute Gasteiger partial charge is 0.431 e. The van der Waals surface area contributed by atoms with E-state index in [1.165, 1.54) is 19.1 Å². The Morgan fingerprint density at radius 2 is 1.84 bits per heavy atom. The number of hydrogen-bond acceptors (Lipinski definition) is 11. The number of hydrogen-bond donors (Lipinski definition) is 3. The van der Waals surface area contributed by atoms with Gasteiger partial charge in [0.25, 0.3) is 0 Å². The van der Waals surface area contributed by atoms with Crippen molar-refractivity contribution in [1.82, 2.24) is 10.2 Å². The number of urea groups is 1. The molecule has 0 aromatic rings. The number of rotatable bonds is 6. The third-order valence-corrected chi connectivity index (χ3v) is 12.2. The van der Waals surface area contributed by atoms with Crippen molar-refractivity contribution in [2.45, 2.75) is 107 Å². The van der Waals surface area contributed by atoms with Gasteiger partial charge in [0.1, 0.15) is 30.9 Å². The number of ketones is 2. The monoisotopic (exact) mass is 710 g/mol. The van der Waals surface area contributed by atoms with E-state index in [0.717, 1.165) is 17.2 Å². The molecule has 0 radical (unpaired) electrons. The maximum Gasteiger partial charge on any atom is 0.508 e. The van der Waals surface area contributed by atoms with E-state index in [-0.39, 0.29) is 37.8 Å². The van der Waals surface area contributed by atoms with Crippen LogP contribution in [0.2, 0.25) is 0 Å². The number of Topliss-reactive ketones (excluding diaryl/α,β-unsaturated/α-hetero) is 1. The molecule has 7 unspecified atom stereocenters. The number of nitrogens with one attached hydrogen (secondary N) is 1. The molecule has 2 saturated heterocycles. The lowest BCUT2D eigenvalue weighted by Crippen LogP contribution is -2.71. The minimum absolute atomic E-state index is 0.0234. The SMILES string of the molecule is CC1(C)O[C@@H]2CC3C4C[C@H](F)C5=CC(=O)C=CC5(C)[C@@]4(F)[C@@H](O)CC3(C)[C@]2(C(=O)COC(=O)OCC2OC(N3C=C(F)CNC3=O)CC2O)O1. The van der Waals surface area contributed by atoms with Crippen LogP contribution in [0.1, 0.15) is 53.4 Å². The molecule has 3 aliphatic heterocycles. The van der Waals surface area contributed by atoms with Gasteiger partial charge in [0.2, 0.25) is 5.78 Å². The van der Waals surface area contributed by atoms with Gasteiger partial charge in [-0.3, -0.25) is 14.5 Å².